The molecule has 1 aliphatic heterocycles. The van der Waals surface area contributed by atoms with Crippen LogP contribution in [0.2, 0.25) is 5.02 Å². The first-order valence-corrected chi connectivity index (χ1v) is 11.1. The van der Waals surface area contributed by atoms with E-state index in [1.807, 2.05) is 13.0 Å². The minimum atomic E-state index is -0.277. The van der Waals surface area contributed by atoms with E-state index in [-0.39, 0.29) is 17.2 Å². The Morgan fingerprint density at radius 2 is 2.03 bits per heavy atom. The minimum absolute atomic E-state index is 0.0248. The number of fused-ring (bicyclic) bond motifs is 1. The molecule has 1 amide bonds. The van der Waals surface area contributed by atoms with Crippen molar-refractivity contribution in [3.05, 3.63) is 59.1 Å². The first-order valence-electron chi connectivity index (χ1n) is 9.86. The largest absolute Gasteiger partial charge is 0.431 e. The number of carbonyl (C=O) groups excluding carboxylic acids is 1. The number of nitrogens with zero attached hydrogens (tertiary/aromatic N) is 2. The van der Waals surface area contributed by atoms with Crippen molar-refractivity contribution in [1.29, 1.82) is 0 Å². The Morgan fingerprint density at radius 1 is 1.28 bits per heavy atom. The summed E-state index contributed by atoms with van der Waals surface area (Å²) in [5, 5.41) is 4.02. The van der Waals surface area contributed by atoms with Crippen molar-refractivity contribution in [2.45, 2.75) is 42.8 Å². The van der Waals surface area contributed by atoms with Gasteiger partial charge in [0.25, 0.3) is 5.22 Å². The number of oxazole rings is 1. The predicted octanol–water partition coefficient (Wildman–Crippen LogP) is 4.74. The second kappa shape index (κ2) is 9.20. The van der Waals surface area contributed by atoms with E-state index in [2.05, 4.69) is 39.5 Å². The van der Waals surface area contributed by atoms with E-state index in [1.165, 1.54) is 17.3 Å². The van der Waals surface area contributed by atoms with Gasteiger partial charge in [0.05, 0.1) is 5.25 Å². The Labute approximate surface area is 179 Å². The molecule has 0 saturated carbocycles. The van der Waals surface area contributed by atoms with Crippen molar-refractivity contribution in [1.82, 2.24) is 15.2 Å². The molecule has 0 spiro atoms. The molecule has 0 radical (unpaired) electrons. The summed E-state index contributed by atoms with van der Waals surface area (Å²) in [7, 11) is 0. The van der Waals surface area contributed by atoms with Gasteiger partial charge in [-0.3, -0.25) is 9.69 Å². The fourth-order valence-corrected chi connectivity index (χ4v) is 4.46. The van der Waals surface area contributed by atoms with E-state index in [1.54, 1.807) is 18.2 Å². The maximum absolute atomic E-state index is 12.6. The van der Waals surface area contributed by atoms with Crippen molar-refractivity contribution >= 4 is 40.4 Å². The van der Waals surface area contributed by atoms with Gasteiger partial charge in [0.1, 0.15) is 5.52 Å². The average Bonchev–Trinajstić information content (AvgIpc) is 3.11. The lowest BCUT2D eigenvalue weighted by Crippen LogP contribution is -2.46. The van der Waals surface area contributed by atoms with Gasteiger partial charge < -0.3 is 9.73 Å². The zero-order valence-corrected chi connectivity index (χ0v) is 17.9. The van der Waals surface area contributed by atoms with E-state index in [4.69, 9.17) is 16.0 Å². The van der Waals surface area contributed by atoms with E-state index >= 15 is 0 Å². The molecule has 152 valence electrons. The number of halogens is 1. The number of nitrogens with one attached hydrogen (secondary N) is 1. The lowest BCUT2D eigenvalue weighted by Gasteiger charge is -2.32. The second-order valence-electron chi connectivity index (χ2n) is 7.40. The van der Waals surface area contributed by atoms with Crippen molar-refractivity contribution in [2.75, 3.05) is 13.1 Å². The van der Waals surface area contributed by atoms with Crippen LogP contribution in [-0.4, -0.2) is 40.2 Å². The van der Waals surface area contributed by atoms with Crippen LogP contribution in [-0.2, 0) is 11.3 Å². The van der Waals surface area contributed by atoms with E-state index in [0.29, 0.717) is 21.3 Å². The Balaban J connectivity index is 1.25. The molecule has 4 rings (SSSR count). The Morgan fingerprint density at radius 3 is 2.79 bits per heavy atom. The smallest absolute Gasteiger partial charge is 0.257 e. The lowest BCUT2D eigenvalue weighted by molar-refractivity contribution is -0.121. The van der Waals surface area contributed by atoms with Gasteiger partial charge in [-0.15, -0.1) is 0 Å². The molecule has 2 aromatic carbocycles. The summed E-state index contributed by atoms with van der Waals surface area (Å²) in [6.45, 7) is 4.84. The number of piperidine rings is 1. The highest BCUT2D eigenvalue weighted by Crippen LogP contribution is 2.28. The fourth-order valence-electron chi connectivity index (χ4n) is 3.53. The van der Waals surface area contributed by atoms with Gasteiger partial charge in [-0.05, 0) is 43.5 Å². The molecule has 0 bridgehead atoms. The first-order chi connectivity index (χ1) is 14.1. The molecule has 1 aliphatic rings. The molecule has 2 heterocycles. The van der Waals surface area contributed by atoms with Crippen LogP contribution in [0.1, 0.15) is 25.3 Å². The van der Waals surface area contributed by atoms with Gasteiger partial charge in [0.2, 0.25) is 5.91 Å². The van der Waals surface area contributed by atoms with Crippen LogP contribution >= 0.6 is 23.4 Å². The lowest BCUT2D eigenvalue weighted by atomic mass is 10.0. The number of hydrogen-bond acceptors (Lipinski definition) is 5. The second-order valence-corrected chi connectivity index (χ2v) is 9.12. The monoisotopic (exact) mass is 429 g/mol. The molecule has 1 N–H and O–H groups in total. The summed E-state index contributed by atoms with van der Waals surface area (Å²) in [5.74, 6) is 0.0248. The van der Waals surface area contributed by atoms with Gasteiger partial charge in [-0.1, -0.05) is 53.7 Å². The molecule has 7 heteroatoms. The summed E-state index contributed by atoms with van der Waals surface area (Å²) in [4.78, 5) is 19.5. The first kappa shape index (κ1) is 20.3. The number of amides is 1. The number of rotatable bonds is 6. The van der Waals surface area contributed by atoms with Crippen molar-refractivity contribution in [3.63, 3.8) is 0 Å². The summed E-state index contributed by atoms with van der Waals surface area (Å²) in [6.07, 6.45) is 1.94. The number of aromatic nitrogens is 1. The van der Waals surface area contributed by atoms with Crippen molar-refractivity contribution in [3.8, 4) is 0 Å². The number of benzene rings is 2. The zero-order chi connectivity index (χ0) is 20.2. The molecule has 29 heavy (non-hydrogen) atoms. The molecule has 0 aliphatic carbocycles. The molecule has 1 aromatic heterocycles. The molecule has 3 aromatic rings. The van der Waals surface area contributed by atoms with Crippen LogP contribution in [0.4, 0.5) is 0 Å². The summed E-state index contributed by atoms with van der Waals surface area (Å²) >= 11 is 7.32. The Hall–Kier alpha value is -2.02. The van der Waals surface area contributed by atoms with Crippen LogP contribution in [0.25, 0.3) is 11.1 Å². The highest BCUT2D eigenvalue weighted by Gasteiger charge is 2.24. The van der Waals surface area contributed by atoms with Gasteiger partial charge in [-0.25, -0.2) is 4.98 Å². The van der Waals surface area contributed by atoms with Gasteiger partial charge >= 0.3 is 0 Å². The molecule has 1 fully saturated rings. The fraction of sp³-hybridized carbons (Fsp3) is 0.364. The van der Waals surface area contributed by atoms with Crippen LogP contribution in [0.5, 0.6) is 0 Å². The molecule has 1 atom stereocenters. The molecular formula is C22H24ClN3O2S. The molecule has 1 saturated heterocycles. The van der Waals surface area contributed by atoms with Gasteiger partial charge in [-0.2, -0.15) is 0 Å². The SMILES string of the molecule is CC(Sc1nc2cc(Cl)ccc2o1)C(=O)NC1CCN(Cc2ccccc2)CC1. The molecular weight excluding hydrogens is 406 g/mol. The number of carbonyl (C=O) groups is 1. The van der Waals surface area contributed by atoms with Crippen molar-refractivity contribution in [2.24, 2.45) is 0 Å². The summed E-state index contributed by atoms with van der Waals surface area (Å²) < 4.78 is 5.71. The van der Waals surface area contributed by atoms with E-state index < -0.39 is 0 Å². The van der Waals surface area contributed by atoms with Gasteiger partial charge in [0, 0.05) is 30.7 Å². The van der Waals surface area contributed by atoms with Crippen LogP contribution in [0.15, 0.2) is 58.2 Å². The Bertz CT molecular complexity index is 971. The van der Waals surface area contributed by atoms with Gasteiger partial charge in [0.15, 0.2) is 5.58 Å². The topological polar surface area (TPSA) is 58.4 Å². The quantitative estimate of drug-likeness (QED) is 0.573. The van der Waals surface area contributed by atoms with Crippen LogP contribution in [0, 0.1) is 0 Å². The summed E-state index contributed by atoms with van der Waals surface area (Å²) in [5.41, 5.74) is 2.72. The molecule has 5 nitrogen and oxygen atoms in total. The van der Waals surface area contributed by atoms with E-state index in [9.17, 15) is 4.79 Å². The van der Waals surface area contributed by atoms with E-state index in [0.717, 1.165) is 32.5 Å². The Kier molecular flexibility index (Phi) is 6.43. The predicted molar refractivity (Wildman–Crippen MR) is 117 cm³/mol. The maximum atomic E-state index is 12.6. The number of hydrogen-bond donors (Lipinski definition) is 1. The highest BCUT2D eigenvalue weighted by atomic mass is 35.5. The highest BCUT2D eigenvalue weighted by molar-refractivity contribution is 8.00. The maximum Gasteiger partial charge on any atom is 0.257 e. The molecule has 1 unspecified atom stereocenters. The minimum Gasteiger partial charge on any atom is -0.431 e. The third-order valence-electron chi connectivity index (χ3n) is 5.16. The standard InChI is InChI=1S/C22H24ClN3O2S/c1-15(29-22-25-19-13-17(23)7-8-20(19)28-22)21(27)24-18-9-11-26(12-10-18)14-16-5-3-2-4-6-16/h2-8,13,15,18H,9-12,14H2,1H3,(H,24,27). The van der Waals surface area contributed by atoms with Crippen LogP contribution in [0.3, 0.4) is 0 Å². The zero-order valence-electron chi connectivity index (χ0n) is 16.3. The number of thioether (sulfide) groups is 1. The third-order valence-corrected chi connectivity index (χ3v) is 6.34. The number of likely N-dealkylation sites (tertiary alicyclic amines) is 1. The van der Waals surface area contributed by atoms with Crippen LogP contribution < -0.4 is 5.32 Å². The third kappa shape index (κ3) is 5.32. The normalized spacial score (nSPS) is 16.8. The van der Waals surface area contributed by atoms with Crippen molar-refractivity contribution < 1.29 is 9.21 Å². The summed E-state index contributed by atoms with van der Waals surface area (Å²) in [6, 6.07) is 16.1. The average molecular weight is 430 g/mol.